The third kappa shape index (κ3) is 5.38. The number of carbonyl (C=O) groups excluding carboxylic acids is 1. The fourth-order valence-corrected chi connectivity index (χ4v) is 6.81. The lowest BCUT2D eigenvalue weighted by molar-refractivity contribution is -0.137. The maximum absolute atomic E-state index is 13.2. The zero-order chi connectivity index (χ0) is 20.3. The molecule has 0 radical (unpaired) electrons. The topological polar surface area (TPSA) is 60.9 Å². The van der Waals surface area contributed by atoms with Crippen molar-refractivity contribution in [3.05, 3.63) is 35.9 Å². The fraction of sp³-hybridized carbons (Fsp3) is 0.682. The number of hydrogen-bond acceptors (Lipinski definition) is 5. The second-order valence-corrected chi connectivity index (χ2v) is 11.1. The van der Waals surface area contributed by atoms with Gasteiger partial charge >= 0.3 is 0 Å². The first kappa shape index (κ1) is 20.8. The maximum Gasteiger partial charge on any atom is 0.237 e. The van der Waals surface area contributed by atoms with Gasteiger partial charge in [-0.2, -0.15) is 0 Å². The highest BCUT2D eigenvalue weighted by Gasteiger charge is 2.39. The summed E-state index contributed by atoms with van der Waals surface area (Å²) in [5, 5.41) is 0. The number of carbonyl (C=O) groups is 1. The van der Waals surface area contributed by atoms with E-state index in [4.69, 9.17) is 0 Å². The Hall–Kier alpha value is -1.44. The smallest absolute Gasteiger partial charge is 0.237 e. The Morgan fingerprint density at radius 1 is 0.931 bits per heavy atom. The van der Waals surface area contributed by atoms with Gasteiger partial charge in [-0.25, -0.2) is 8.42 Å². The van der Waals surface area contributed by atoms with E-state index in [1.807, 2.05) is 11.0 Å². The summed E-state index contributed by atoms with van der Waals surface area (Å²) in [5.41, 5.74) is 1.33. The van der Waals surface area contributed by atoms with Crippen molar-refractivity contribution in [2.45, 2.75) is 50.7 Å². The summed E-state index contributed by atoms with van der Waals surface area (Å²) in [6.45, 7) is 5.08. The van der Waals surface area contributed by atoms with Crippen molar-refractivity contribution >= 4 is 15.7 Å². The van der Waals surface area contributed by atoms with Crippen LogP contribution in [-0.2, 0) is 21.2 Å². The van der Waals surface area contributed by atoms with Gasteiger partial charge < -0.3 is 4.90 Å². The summed E-state index contributed by atoms with van der Waals surface area (Å²) in [7, 11) is -2.99. The van der Waals surface area contributed by atoms with Crippen LogP contribution in [0.25, 0.3) is 0 Å². The molecule has 2 aliphatic heterocycles. The van der Waals surface area contributed by atoms with E-state index in [0.717, 1.165) is 58.4 Å². The number of sulfone groups is 1. The van der Waals surface area contributed by atoms with E-state index in [-0.39, 0.29) is 29.5 Å². The molecule has 4 rings (SSSR count). The third-order valence-electron chi connectivity index (χ3n) is 6.68. The summed E-state index contributed by atoms with van der Waals surface area (Å²) >= 11 is 0. The van der Waals surface area contributed by atoms with Crippen LogP contribution < -0.4 is 0 Å². The van der Waals surface area contributed by atoms with Crippen LogP contribution in [0.5, 0.6) is 0 Å². The quantitative estimate of drug-likeness (QED) is 0.703. The monoisotopic (exact) mass is 419 g/mol. The molecular formula is C22H33N3O3S. The largest absolute Gasteiger partial charge is 0.335 e. The Labute approximate surface area is 174 Å². The van der Waals surface area contributed by atoms with Gasteiger partial charge in [0, 0.05) is 44.8 Å². The van der Waals surface area contributed by atoms with Crippen LogP contribution >= 0.6 is 0 Å². The number of amides is 1. The Balaban J connectivity index is 1.32. The second-order valence-electron chi connectivity index (χ2n) is 8.83. The molecule has 0 unspecified atom stereocenters. The summed E-state index contributed by atoms with van der Waals surface area (Å²) in [4.78, 5) is 19.9. The number of piperazine rings is 1. The van der Waals surface area contributed by atoms with Crippen molar-refractivity contribution in [3.63, 3.8) is 0 Å². The molecule has 2 saturated heterocycles. The summed E-state index contributed by atoms with van der Waals surface area (Å²) in [6.07, 6.45) is 4.94. The van der Waals surface area contributed by atoms with E-state index >= 15 is 0 Å². The standard InChI is InChI=1S/C22H33N3O3S/c26-22(25(20-8-4-5-9-20)21-10-15-29(27,28)18-21)17-24-13-11-23(12-14-24)16-19-6-2-1-3-7-19/h1-3,6-7,20-21H,4-5,8-18H2/t21-/m0/s1. The average molecular weight is 420 g/mol. The Morgan fingerprint density at radius 2 is 1.59 bits per heavy atom. The first-order chi connectivity index (χ1) is 14.0. The molecule has 0 spiro atoms. The van der Waals surface area contributed by atoms with Gasteiger partial charge in [0.1, 0.15) is 0 Å². The predicted molar refractivity (Wildman–Crippen MR) is 114 cm³/mol. The molecule has 3 fully saturated rings. The molecule has 1 aromatic rings. The molecule has 0 N–H and O–H groups in total. The minimum absolute atomic E-state index is 0.116. The SMILES string of the molecule is O=C(CN1CCN(Cc2ccccc2)CC1)N(C1CCCC1)[C@H]1CCS(=O)(=O)C1. The van der Waals surface area contributed by atoms with Crippen molar-refractivity contribution in [3.8, 4) is 0 Å². The van der Waals surface area contributed by atoms with Crippen LogP contribution in [0, 0.1) is 0 Å². The van der Waals surface area contributed by atoms with E-state index in [1.165, 1.54) is 5.56 Å². The minimum atomic E-state index is -2.99. The van der Waals surface area contributed by atoms with Gasteiger partial charge in [-0.3, -0.25) is 14.6 Å². The number of benzene rings is 1. The molecule has 2 heterocycles. The highest BCUT2D eigenvalue weighted by atomic mass is 32.2. The summed E-state index contributed by atoms with van der Waals surface area (Å²) < 4.78 is 24.0. The van der Waals surface area contributed by atoms with Crippen molar-refractivity contribution < 1.29 is 13.2 Å². The molecule has 1 saturated carbocycles. The molecule has 1 aliphatic carbocycles. The third-order valence-corrected chi connectivity index (χ3v) is 8.43. The summed E-state index contributed by atoms with van der Waals surface area (Å²) in [5.74, 6) is 0.516. The first-order valence-electron chi connectivity index (χ1n) is 11.0. The van der Waals surface area contributed by atoms with E-state index in [9.17, 15) is 13.2 Å². The Bertz CT molecular complexity index is 785. The van der Waals surface area contributed by atoms with Gasteiger partial charge in [0.2, 0.25) is 5.91 Å². The van der Waals surface area contributed by atoms with Gasteiger partial charge in [0.25, 0.3) is 0 Å². The van der Waals surface area contributed by atoms with Crippen LogP contribution in [0.1, 0.15) is 37.7 Å². The molecule has 1 atom stereocenters. The molecule has 29 heavy (non-hydrogen) atoms. The molecule has 1 amide bonds. The highest BCUT2D eigenvalue weighted by Crippen LogP contribution is 2.29. The van der Waals surface area contributed by atoms with Crippen molar-refractivity contribution in [2.24, 2.45) is 0 Å². The molecule has 0 bridgehead atoms. The van der Waals surface area contributed by atoms with Crippen LogP contribution in [-0.4, -0.2) is 85.3 Å². The first-order valence-corrected chi connectivity index (χ1v) is 12.8. The minimum Gasteiger partial charge on any atom is -0.335 e. The molecule has 3 aliphatic rings. The van der Waals surface area contributed by atoms with Gasteiger partial charge in [-0.1, -0.05) is 43.2 Å². The summed E-state index contributed by atoms with van der Waals surface area (Å²) in [6, 6.07) is 10.6. The van der Waals surface area contributed by atoms with Crippen LogP contribution in [0.15, 0.2) is 30.3 Å². The molecule has 6 nitrogen and oxygen atoms in total. The van der Waals surface area contributed by atoms with E-state index < -0.39 is 9.84 Å². The molecule has 0 aromatic heterocycles. The second kappa shape index (κ2) is 9.14. The van der Waals surface area contributed by atoms with E-state index in [2.05, 4.69) is 34.1 Å². The number of hydrogen-bond donors (Lipinski definition) is 0. The Kier molecular flexibility index (Phi) is 6.56. The zero-order valence-electron chi connectivity index (χ0n) is 17.2. The lowest BCUT2D eigenvalue weighted by atomic mass is 10.1. The predicted octanol–water partition coefficient (Wildman–Crippen LogP) is 1.76. The number of nitrogens with zero attached hydrogens (tertiary/aromatic N) is 3. The fourth-order valence-electron chi connectivity index (χ4n) is 5.10. The van der Waals surface area contributed by atoms with Crippen LogP contribution in [0.2, 0.25) is 0 Å². The van der Waals surface area contributed by atoms with Crippen molar-refractivity contribution in [1.29, 1.82) is 0 Å². The molecular weight excluding hydrogens is 386 g/mol. The van der Waals surface area contributed by atoms with Gasteiger partial charge in [0.15, 0.2) is 9.84 Å². The lowest BCUT2D eigenvalue weighted by Crippen LogP contribution is -2.53. The van der Waals surface area contributed by atoms with Crippen molar-refractivity contribution in [2.75, 3.05) is 44.2 Å². The van der Waals surface area contributed by atoms with Gasteiger partial charge in [-0.15, -0.1) is 0 Å². The van der Waals surface area contributed by atoms with Gasteiger partial charge in [-0.05, 0) is 24.8 Å². The van der Waals surface area contributed by atoms with Gasteiger partial charge in [0.05, 0.1) is 18.1 Å². The van der Waals surface area contributed by atoms with E-state index in [1.54, 1.807) is 0 Å². The normalized spacial score (nSPS) is 26.0. The van der Waals surface area contributed by atoms with Crippen LogP contribution in [0.3, 0.4) is 0 Å². The molecule has 1 aromatic carbocycles. The van der Waals surface area contributed by atoms with Crippen molar-refractivity contribution in [1.82, 2.24) is 14.7 Å². The van der Waals surface area contributed by atoms with Crippen LogP contribution in [0.4, 0.5) is 0 Å². The molecule has 7 heteroatoms. The maximum atomic E-state index is 13.2. The highest BCUT2D eigenvalue weighted by molar-refractivity contribution is 7.91. The zero-order valence-corrected chi connectivity index (χ0v) is 18.0. The average Bonchev–Trinajstić information content (AvgIpc) is 3.34. The lowest BCUT2D eigenvalue weighted by Gasteiger charge is -2.38. The molecule has 160 valence electrons. The van der Waals surface area contributed by atoms with E-state index in [0.29, 0.717) is 13.0 Å². The number of rotatable bonds is 6. The Morgan fingerprint density at radius 3 is 2.21 bits per heavy atom.